The van der Waals surface area contributed by atoms with Crippen LogP contribution in [0.25, 0.3) is 0 Å². The molecule has 1 saturated heterocycles. The van der Waals surface area contributed by atoms with Gasteiger partial charge in [-0.2, -0.15) is 0 Å². The number of aromatic hydroxyl groups is 1. The fraction of sp³-hybridized carbons (Fsp3) is 0.462. The molecular formula is C13H16O4. The van der Waals surface area contributed by atoms with Crippen molar-refractivity contribution in [2.45, 2.75) is 18.8 Å². The van der Waals surface area contributed by atoms with Gasteiger partial charge in [0.15, 0.2) is 0 Å². The molecule has 17 heavy (non-hydrogen) atoms. The Labute approximate surface area is 99.8 Å². The molecule has 1 aliphatic heterocycles. The third kappa shape index (κ3) is 2.58. The Balaban J connectivity index is 2.28. The zero-order valence-electron chi connectivity index (χ0n) is 9.50. The maximum atomic E-state index is 11.4. The summed E-state index contributed by atoms with van der Waals surface area (Å²) in [5, 5.41) is 19.1. The molecular weight excluding hydrogens is 220 g/mol. The van der Waals surface area contributed by atoms with E-state index in [2.05, 4.69) is 0 Å². The minimum absolute atomic E-state index is 0.0366. The molecule has 1 unspecified atom stereocenters. The van der Waals surface area contributed by atoms with Crippen molar-refractivity contribution in [1.82, 2.24) is 0 Å². The second-order valence-electron chi connectivity index (χ2n) is 4.32. The number of phenols is 1. The van der Waals surface area contributed by atoms with Gasteiger partial charge in [0.05, 0.1) is 5.92 Å². The Morgan fingerprint density at radius 3 is 2.53 bits per heavy atom. The average molecular weight is 236 g/mol. The van der Waals surface area contributed by atoms with E-state index in [1.165, 1.54) is 6.07 Å². The van der Waals surface area contributed by atoms with E-state index in [4.69, 9.17) is 4.74 Å². The summed E-state index contributed by atoms with van der Waals surface area (Å²) >= 11 is 0. The van der Waals surface area contributed by atoms with Crippen molar-refractivity contribution in [2.75, 3.05) is 13.2 Å². The highest BCUT2D eigenvalue weighted by molar-refractivity contribution is 5.77. The van der Waals surface area contributed by atoms with Crippen LogP contribution in [0, 0.1) is 5.92 Å². The summed E-state index contributed by atoms with van der Waals surface area (Å²) < 4.78 is 5.24. The summed E-state index contributed by atoms with van der Waals surface area (Å²) in [6.45, 7) is 1.20. The fourth-order valence-corrected chi connectivity index (χ4v) is 2.39. The zero-order valence-corrected chi connectivity index (χ0v) is 9.50. The first-order valence-electron chi connectivity index (χ1n) is 5.78. The number of para-hydroxylation sites is 1. The molecule has 4 nitrogen and oxygen atoms in total. The number of carboxylic acids is 1. The van der Waals surface area contributed by atoms with Crippen LogP contribution in [0.5, 0.6) is 5.75 Å². The lowest BCUT2D eigenvalue weighted by atomic mass is 9.81. The number of carbonyl (C=O) groups is 1. The lowest BCUT2D eigenvalue weighted by molar-refractivity contribution is -0.141. The maximum absolute atomic E-state index is 11.4. The third-order valence-electron chi connectivity index (χ3n) is 3.28. The van der Waals surface area contributed by atoms with Crippen LogP contribution >= 0.6 is 0 Å². The number of hydrogen-bond acceptors (Lipinski definition) is 3. The quantitative estimate of drug-likeness (QED) is 0.842. The van der Waals surface area contributed by atoms with Gasteiger partial charge in [-0.05, 0) is 24.8 Å². The number of aliphatic carboxylic acids is 1. The lowest BCUT2D eigenvalue weighted by Gasteiger charge is -2.28. The maximum Gasteiger partial charge on any atom is 0.311 e. The van der Waals surface area contributed by atoms with Crippen molar-refractivity contribution >= 4 is 5.97 Å². The van der Waals surface area contributed by atoms with Crippen LogP contribution in [0.2, 0.25) is 0 Å². The normalized spacial score (nSPS) is 18.8. The molecule has 1 fully saturated rings. The van der Waals surface area contributed by atoms with Crippen molar-refractivity contribution < 1.29 is 19.7 Å². The molecule has 92 valence electrons. The summed E-state index contributed by atoms with van der Waals surface area (Å²) in [4.78, 5) is 11.4. The van der Waals surface area contributed by atoms with Crippen molar-refractivity contribution in [3.05, 3.63) is 29.8 Å². The molecule has 1 heterocycles. The van der Waals surface area contributed by atoms with Gasteiger partial charge < -0.3 is 14.9 Å². The van der Waals surface area contributed by atoms with E-state index in [9.17, 15) is 15.0 Å². The van der Waals surface area contributed by atoms with E-state index in [1.54, 1.807) is 18.2 Å². The van der Waals surface area contributed by atoms with Crippen LogP contribution in [0.3, 0.4) is 0 Å². The molecule has 4 heteroatoms. The molecule has 2 rings (SSSR count). The van der Waals surface area contributed by atoms with Gasteiger partial charge in [0.25, 0.3) is 0 Å². The highest BCUT2D eigenvalue weighted by Gasteiger charge is 2.32. The molecule has 0 saturated carbocycles. The molecule has 2 N–H and O–H groups in total. The van der Waals surface area contributed by atoms with Crippen molar-refractivity contribution in [1.29, 1.82) is 0 Å². The Morgan fingerprint density at radius 2 is 1.94 bits per heavy atom. The molecule has 0 bridgehead atoms. The Kier molecular flexibility index (Phi) is 3.64. The van der Waals surface area contributed by atoms with Crippen LogP contribution in [-0.4, -0.2) is 29.4 Å². The van der Waals surface area contributed by atoms with E-state index in [0.717, 1.165) is 12.8 Å². The van der Waals surface area contributed by atoms with Gasteiger partial charge in [0.1, 0.15) is 5.75 Å². The van der Waals surface area contributed by atoms with Crippen molar-refractivity contribution in [3.8, 4) is 5.75 Å². The summed E-state index contributed by atoms with van der Waals surface area (Å²) in [5.41, 5.74) is 0.506. The van der Waals surface area contributed by atoms with Crippen LogP contribution in [0.1, 0.15) is 24.3 Å². The van der Waals surface area contributed by atoms with E-state index in [0.29, 0.717) is 18.8 Å². The first-order valence-corrected chi connectivity index (χ1v) is 5.78. The Bertz CT molecular complexity index is 396. The minimum Gasteiger partial charge on any atom is -0.508 e. The van der Waals surface area contributed by atoms with Gasteiger partial charge >= 0.3 is 5.97 Å². The monoisotopic (exact) mass is 236 g/mol. The molecule has 0 radical (unpaired) electrons. The number of phenolic OH excluding ortho intramolecular Hbond substituents is 1. The molecule has 0 amide bonds. The van der Waals surface area contributed by atoms with Crippen LogP contribution < -0.4 is 0 Å². The van der Waals surface area contributed by atoms with Gasteiger partial charge in [0, 0.05) is 18.8 Å². The predicted molar refractivity (Wildman–Crippen MR) is 62.0 cm³/mol. The number of ether oxygens (including phenoxy) is 1. The molecule has 1 atom stereocenters. The van der Waals surface area contributed by atoms with Crippen LogP contribution in [-0.2, 0) is 9.53 Å². The molecule has 0 aliphatic carbocycles. The summed E-state index contributed by atoms with van der Waals surface area (Å²) in [6, 6.07) is 6.67. The first kappa shape index (κ1) is 11.9. The van der Waals surface area contributed by atoms with Gasteiger partial charge in [-0.3, -0.25) is 4.79 Å². The van der Waals surface area contributed by atoms with Crippen molar-refractivity contribution in [3.63, 3.8) is 0 Å². The lowest BCUT2D eigenvalue weighted by Crippen LogP contribution is -2.27. The van der Waals surface area contributed by atoms with E-state index in [1.807, 2.05) is 0 Å². The fourth-order valence-electron chi connectivity index (χ4n) is 2.39. The highest BCUT2D eigenvalue weighted by Crippen LogP contribution is 2.36. The number of rotatable bonds is 3. The summed E-state index contributed by atoms with van der Waals surface area (Å²) in [6.07, 6.45) is 1.45. The molecule has 1 aromatic carbocycles. The largest absolute Gasteiger partial charge is 0.508 e. The molecule has 1 aromatic rings. The number of hydrogen-bond donors (Lipinski definition) is 2. The number of carboxylic acid groups (broad SMARTS) is 1. The Hall–Kier alpha value is -1.55. The third-order valence-corrected chi connectivity index (χ3v) is 3.28. The first-order chi connectivity index (χ1) is 8.20. The highest BCUT2D eigenvalue weighted by atomic mass is 16.5. The average Bonchev–Trinajstić information content (AvgIpc) is 2.33. The SMILES string of the molecule is O=C(O)C(c1ccccc1O)C1CCOCC1. The second-order valence-corrected chi connectivity index (χ2v) is 4.32. The van der Waals surface area contributed by atoms with E-state index < -0.39 is 11.9 Å². The van der Waals surface area contributed by atoms with Gasteiger partial charge in [-0.1, -0.05) is 18.2 Å². The van der Waals surface area contributed by atoms with E-state index in [-0.39, 0.29) is 11.7 Å². The molecule has 1 aliphatic rings. The topological polar surface area (TPSA) is 66.8 Å². The number of benzene rings is 1. The molecule has 0 spiro atoms. The predicted octanol–water partition coefficient (Wildman–Crippen LogP) is 1.99. The molecule has 0 aromatic heterocycles. The zero-order chi connectivity index (χ0) is 12.3. The van der Waals surface area contributed by atoms with E-state index >= 15 is 0 Å². The standard InChI is InChI=1S/C13H16O4/c14-11-4-2-1-3-10(11)12(13(15)16)9-5-7-17-8-6-9/h1-4,9,12,14H,5-8H2,(H,15,16). The van der Waals surface area contributed by atoms with Crippen LogP contribution in [0.4, 0.5) is 0 Å². The van der Waals surface area contributed by atoms with Crippen LogP contribution in [0.15, 0.2) is 24.3 Å². The minimum atomic E-state index is -0.876. The smallest absolute Gasteiger partial charge is 0.311 e. The van der Waals surface area contributed by atoms with Gasteiger partial charge in [-0.25, -0.2) is 0 Å². The van der Waals surface area contributed by atoms with Crippen molar-refractivity contribution in [2.24, 2.45) is 5.92 Å². The summed E-state index contributed by atoms with van der Waals surface area (Å²) in [7, 11) is 0. The van der Waals surface area contributed by atoms with Gasteiger partial charge in [-0.15, -0.1) is 0 Å². The Morgan fingerprint density at radius 1 is 1.29 bits per heavy atom. The second kappa shape index (κ2) is 5.19. The van der Waals surface area contributed by atoms with Gasteiger partial charge in [0.2, 0.25) is 0 Å². The summed E-state index contributed by atoms with van der Waals surface area (Å²) in [5.74, 6) is -1.42.